The lowest BCUT2D eigenvalue weighted by Gasteiger charge is -2.14. The molecule has 1 heterocycles. The summed E-state index contributed by atoms with van der Waals surface area (Å²) in [5.74, 6) is -0.964. The van der Waals surface area contributed by atoms with Gasteiger partial charge in [-0.3, -0.25) is 4.99 Å². The minimum absolute atomic E-state index is 0. The summed E-state index contributed by atoms with van der Waals surface area (Å²) in [6.07, 6.45) is -8.52. The average molecular weight is 536 g/mol. The van der Waals surface area contributed by atoms with E-state index in [2.05, 4.69) is 30.3 Å². The molecular weight excluding hydrogens is 521 g/mol. The molecule has 0 spiro atoms. The van der Waals surface area contributed by atoms with E-state index in [4.69, 9.17) is 5.73 Å². The third-order valence-corrected chi connectivity index (χ3v) is 3.00. The summed E-state index contributed by atoms with van der Waals surface area (Å²) in [5, 5.41) is 4.99. The second kappa shape index (κ2) is 10.3. The summed E-state index contributed by atoms with van der Waals surface area (Å²) in [7, 11) is 0. The van der Waals surface area contributed by atoms with Gasteiger partial charge < -0.3 is 21.1 Å². The van der Waals surface area contributed by atoms with Gasteiger partial charge in [-0.05, 0) is 18.2 Å². The van der Waals surface area contributed by atoms with E-state index in [1.165, 1.54) is 18.2 Å². The lowest BCUT2D eigenvalue weighted by molar-refractivity contribution is -0.274. The zero-order valence-electron chi connectivity index (χ0n) is 14.4. The van der Waals surface area contributed by atoms with Crippen molar-refractivity contribution in [3.8, 4) is 5.75 Å². The van der Waals surface area contributed by atoms with Crippen molar-refractivity contribution < 1.29 is 31.1 Å². The van der Waals surface area contributed by atoms with Crippen LogP contribution in [0.5, 0.6) is 5.75 Å². The standard InChI is InChI=1S/C15H14F6N6O.HI/c16-14(17,18)11-5-6-24-13(27-11)25-8-7-23-12(22)26-9-3-1-2-4-10(9)28-15(19,20)21;/h1-6H,7-8H2,(H3,22,23,26)(H,24,25,27);1H. The number of aromatic nitrogens is 2. The Bertz CT molecular complexity index is 829. The van der Waals surface area contributed by atoms with E-state index in [9.17, 15) is 26.3 Å². The van der Waals surface area contributed by atoms with Gasteiger partial charge in [0.05, 0.1) is 12.2 Å². The van der Waals surface area contributed by atoms with Gasteiger partial charge in [-0.15, -0.1) is 37.1 Å². The molecule has 0 fully saturated rings. The van der Waals surface area contributed by atoms with Crippen molar-refractivity contribution in [3.05, 3.63) is 42.2 Å². The molecule has 7 nitrogen and oxygen atoms in total. The van der Waals surface area contributed by atoms with Crippen LogP contribution in [0.15, 0.2) is 41.5 Å². The molecular formula is C15H15F6IN6O. The Hall–Kier alpha value is -2.52. The number of benzene rings is 1. The number of hydrogen-bond donors (Lipinski definition) is 3. The summed E-state index contributed by atoms with van der Waals surface area (Å²) in [6, 6.07) is 5.93. The van der Waals surface area contributed by atoms with Gasteiger partial charge in [-0.1, -0.05) is 12.1 Å². The van der Waals surface area contributed by atoms with Crippen molar-refractivity contribution >= 4 is 41.6 Å². The summed E-state index contributed by atoms with van der Waals surface area (Å²) >= 11 is 0. The Balaban J connectivity index is 0.00000420. The number of nitrogens with zero attached hydrogens (tertiary/aromatic N) is 3. The molecule has 29 heavy (non-hydrogen) atoms. The monoisotopic (exact) mass is 536 g/mol. The Labute approximate surface area is 177 Å². The Morgan fingerprint density at radius 2 is 1.79 bits per heavy atom. The van der Waals surface area contributed by atoms with E-state index >= 15 is 0 Å². The fourth-order valence-electron chi connectivity index (χ4n) is 1.91. The van der Waals surface area contributed by atoms with Gasteiger partial charge in [-0.25, -0.2) is 9.97 Å². The van der Waals surface area contributed by atoms with E-state index in [-0.39, 0.29) is 54.7 Å². The van der Waals surface area contributed by atoms with Crippen LogP contribution in [-0.4, -0.2) is 35.4 Å². The maximum atomic E-state index is 12.6. The van der Waals surface area contributed by atoms with Crippen molar-refractivity contribution in [1.82, 2.24) is 9.97 Å². The first-order valence-corrected chi connectivity index (χ1v) is 7.60. The summed E-state index contributed by atoms with van der Waals surface area (Å²) in [5.41, 5.74) is 4.43. The van der Waals surface area contributed by atoms with Gasteiger partial charge in [0.1, 0.15) is 5.69 Å². The summed E-state index contributed by atoms with van der Waals surface area (Å²) < 4.78 is 78.6. The van der Waals surface area contributed by atoms with E-state index in [1.807, 2.05) is 0 Å². The fourth-order valence-corrected chi connectivity index (χ4v) is 1.91. The normalized spacial score (nSPS) is 12.1. The molecule has 0 saturated carbocycles. The number of anilines is 2. The molecule has 0 aliphatic heterocycles. The number of guanidine groups is 1. The molecule has 2 rings (SSSR count). The minimum atomic E-state index is -4.88. The lowest BCUT2D eigenvalue weighted by Crippen LogP contribution is -2.25. The van der Waals surface area contributed by atoms with Crippen molar-refractivity contribution in [1.29, 1.82) is 0 Å². The number of hydrogen-bond acceptors (Lipinski definition) is 5. The first kappa shape index (κ1) is 24.5. The molecule has 0 bridgehead atoms. The molecule has 2 aromatic rings. The highest BCUT2D eigenvalue weighted by atomic mass is 127. The predicted octanol–water partition coefficient (Wildman–Crippen LogP) is 3.85. The van der Waals surface area contributed by atoms with Gasteiger partial charge >= 0.3 is 12.5 Å². The van der Waals surface area contributed by atoms with Crippen molar-refractivity contribution in [2.45, 2.75) is 12.5 Å². The molecule has 1 aromatic heterocycles. The first-order valence-electron chi connectivity index (χ1n) is 7.60. The van der Waals surface area contributed by atoms with Crippen LogP contribution < -0.4 is 21.1 Å². The summed E-state index contributed by atoms with van der Waals surface area (Å²) in [4.78, 5) is 10.8. The molecule has 4 N–H and O–H groups in total. The van der Waals surface area contributed by atoms with Gasteiger partial charge in [0.25, 0.3) is 0 Å². The SMILES string of the molecule is I.NC(=NCCNc1nccc(C(F)(F)F)n1)Nc1ccccc1OC(F)(F)F. The van der Waals surface area contributed by atoms with Crippen LogP contribution in [0.3, 0.4) is 0 Å². The lowest BCUT2D eigenvalue weighted by atomic mass is 10.3. The highest BCUT2D eigenvalue weighted by Crippen LogP contribution is 2.30. The van der Waals surface area contributed by atoms with Crippen molar-refractivity contribution in [3.63, 3.8) is 0 Å². The maximum absolute atomic E-state index is 12.6. The van der Waals surface area contributed by atoms with Crippen LogP contribution in [0.25, 0.3) is 0 Å². The van der Waals surface area contributed by atoms with Crippen LogP contribution >= 0.6 is 24.0 Å². The topological polar surface area (TPSA) is 97.5 Å². The van der Waals surface area contributed by atoms with E-state index < -0.39 is 24.0 Å². The summed E-state index contributed by atoms with van der Waals surface area (Å²) in [6.45, 7) is 0.0190. The first-order chi connectivity index (χ1) is 13.0. The highest BCUT2D eigenvalue weighted by Gasteiger charge is 2.33. The Kier molecular flexibility index (Phi) is 8.72. The number of para-hydroxylation sites is 2. The molecule has 0 radical (unpaired) electrons. The number of nitrogens with two attached hydrogens (primary N) is 1. The number of nitrogens with one attached hydrogen (secondary N) is 2. The smallest absolute Gasteiger partial charge is 0.404 e. The molecule has 0 atom stereocenters. The van der Waals surface area contributed by atoms with Crippen LogP contribution in [0.1, 0.15) is 5.69 Å². The van der Waals surface area contributed by atoms with E-state index in [0.29, 0.717) is 0 Å². The number of alkyl halides is 6. The number of rotatable bonds is 6. The molecule has 0 unspecified atom stereocenters. The zero-order valence-corrected chi connectivity index (χ0v) is 16.7. The minimum Gasteiger partial charge on any atom is -0.404 e. The molecule has 0 saturated heterocycles. The van der Waals surface area contributed by atoms with Gasteiger partial charge in [0.2, 0.25) is 5.95 Å². The number of aliphatic imine (C=N–C) groups is 1. The quantitative estimate of drug-likeness (QED) is 0.171. The van der Waals surface area contributed by atoms with Gasteiger partial charge in [0.15, 0.2) is 11.7 Å². The van der Waals surface area contributed by atoms with Crippen molar-refractivity contribution in [2.24, 2.45) is 10.7 Å². The van der Waals surface area contributed by atoms with Crippen LogP contribution in [-0.2, 0) is 6.18 Å². The molecule has 160 valence electrons. The van der Waals surface area contributed by atoms with Crippen LogP contribution in [0.4, 0.5) is 38.0 Å². The second-order valence-electron chi connectivity index (χ2n) is 5.13. The Morgan fingerprint density at radius 3 is 2.45 bits per heavy atom. The Morgan fingerprint density at radius 1 is 1.10 bits per heavy atom. The van der Waals surface area contributed by atoms with Crippen LogP contribution in [0.2, 0.25) is 0 Å². The number of halogens is 7. The zero-order chi connectivity index (χ0) is 20.8. The van der Waals surface area contributed by atoms with Crippen molar-refractivity contribution in [2.75, 3.05) is 23.7 Å². The van der Waals surface area contributed by atoms with Crippen LogP contribution in [0, 0.1) is 0 Å². The average Bonchev–Trinajstić information content (AvgIpc) is 2.59. The number of ether oxygens (including phenoxy) is 1. The van der Waals surface area contributed by atoms with E-state index in [1.54, 1.807) is 0 Å². The third-order valence-electron chi connectivity index (χ3n) is 3.00. The predicted molar refractivity (Wildman–Crippen MR) is 104 cm³/mol. The fraction of sp³-hybridized carbons (Fsp3) is 0.267. The second-order valence-corrected chi connectivity index (χ2v) is 5.13. The molecule has 0 aliphatic carbocycles. The third kappa shape index (κ3) is 8.57. The van der Waals surface area contributed by atoms with Gasteiger partial charge in [0, 0.05) is 12.7 Å². The molecule has 0 amide bonds. The highest BCUT2D eigenvalue weighted by molar-refractivity contribution is 14.0. The van der Waals surface area contributed by atoms with E-state index in [0.717, 1.165) is 18.3 Å². The largest absolute Gasteiger partial charge is 0.573 e. The van der Waals surface area contributed by atoms with Gasteiger partial charge in [-0.2, -0.15) is 13.2 Å². The molecule has 14 heteroatoms. The maximum Gasteiger partial charge on any atom is 0.573 e. The molecule has 0 aliphatic rings. The molecule has 1 aromatic carbocycles.